The number of hydrogen-bond donors (Lipinski definition) is 3. The Balaban J connectivity index is 1.79. The van der Waals surface area contributed by atoms with Crippen LogP contribution in [0.1, 0.15) is 43.9 Å². The molecular weight excluding hydrogens is 374 g/mol. The number of nitrogens with zero attached hydrogens (tertiary/aromatic N) is 4. The Kier molecular flexibility index (Phi) is 6.76. The van der Waals surface area contributed by atoms with Gasteiger partial charge in [0.25, 0.3) is 0 Å². The van der Waals surface area contributed by atoms with Gasteiger partial charge < -0.3 is 21.5 Å². The van der Waals surface area contributed by atoms with E-state index in [1.54, 1.807) is 6.20 Å². The largest absolute Gasteiger partial charge is 0.478 e. The molecule has 1 aliphatic carbocycles. The van der Waals surface area contributed by atoms with Crippen molar-refractivity contribution < 1.29 is 9.66 Å². The standard InChI is InChI=1S/C19H27N7O3/c1-2-29-18-13(4-3-9-22-18)11-23-19-24-15(16(26(27)28)17(21)25-19)10-12-5-7-14(20)8-6-12/h3-4,9,12,14H,2,5-8,10-11,20H2,1H3,(H3,21,23,24,25). The van der Waals surface area contributed by atoms with E-state index in [9.17, 15) is 10.1 Å². The van der Waals surface area contributed by atoms with Gasteiger partial charge in [-0.2, -0.15) is 4.98 Å². The van der Waals surface area contributed by atoms with E-state index in [-0.39, 0.29) is 23.5 Å². The minimum atomic E-state index is -0.503. The molecule has 0 aliphatic heterocycles. The Morgan fingerprint density at radius 2 is 2.07 bits per heavy atom. The van der Waals surface area contributed by atoms with Crippen LogP contribution in [-0.2, 0) is 13.0 Å². The second-order valence-corrected chi connectivity index (χ2v) is 7.22. The summed E-state index contributed by atoms with van der Waals surface area (Å²) in [5.74, 6) is 0.947. The van der Waals surface area contributed by atoms with Gasteiger partial charge in [0.05, 0.1) is 11.5 Å². The Morgan fingerprint density at radius 3 is 2.76 bits per heavy atom. The number of aromatic nitrogens is 3. The molecule has 0 bridgehead atoms. The van der Waals surface area contributed by atoms with Crippen molar-refractivity contribution in [3.63, 3.8) is 0 Å². The summed E-state index contributed by atoms with van der Waals surface area (Å²) in [4.78, 5) is 23.7. The number of nitrogens with one attached hydrogen (secondary N) is 1. The highest BCUT2D eigenvalue weighted by atomic mass is 16.6. The van der Waals surface area contributed by atoms with E-state index in [0.29, 0.717) is 37.1 Å². The van der Waals surface area contributed by atoms with Crippen LogP contribution in [0.2, 0.25) is 0 Å². The molecule has 10 heteroatoms. The normalized spacial score (nSPS) is 19.0. The van der Waals surface area contributed by atoms with Crippen molar-refractivity contribution >= 4 is 17.5 Å². The second-order valence-electron chi connectivity index (χ2n) is 7.22. The lowest BCUT2D eigenvalue weighted by atomic mass is 9.83. The van der Waals surface area contributed by atoms with Gasteiger partial charge in [-0.3, -0.25) is 10.1 Å². The second kappa shape index (κ2) is 9.46. The first-order valence-electron chi connectivity index (χ1n) is 9.84. The fraction of sp³-hybridized carbons (Fsp3) is 0.526. The molecule has 0 unspecified atom stereocenters. The summed E-state index contributed by atoms with van der Waals surface area (Å²) >= 11 is 0. The van der Waals surface area contributed by atoms with Crippen LogP contribution >= 0.6 is 0 Å². The highest BCUT2D eigenvalue weighted by Crippen LogP contribution is 2.32. The highest BCUT2D eigenvalue weighted by molar-refractivity contribution is 5.58. The molecule has 0 saturated heterocycles. The SMILES string of the molecule is CCOc1ncccc1CNc1nc(N)c([N+](=O)[O-])c(CC2CCC(N)CC2)n1. The van der Waals surface area contributed by atoms with Crippen molar-refractivity contribution in [3.8, 4) is 5.88 Å². The van der Waals surface area contributed by atoms with Gasteiger partial charge in [0.1, 0.15) is 5.69 Å². The van der Waals surface area contributed by atoms with Crippen LogP contribution < -0.4 is 21.5 Å². The van der Waals surface area contributed by atoms with Gasteiger partial charge in [-0.05, 0) is 51.0 Å². The van der Waals surface area contributed by atoms with E-state index in [1.165, 1.54) is 0 Å². The lowest BCUT2D eigenvalue weighted by molar-refractivity contribution is -0.385. The number of ether oxygens (including phenoxy) is 1. The first kappa shape index (κ1) is 20.7. The van der Waals surface area contributed by atoms with Crippen LogP contribution in [0.15, 0.2) is 18.3 Å². The molecule has 0 amide bonds. The molecule has 0 spiro atoms. The first-order valence-corrected chi connectivity index (χ1v) is 9.84. The van der Waals surface area contributed by atoms with Crippen LogP contribution in [-0.4, -0.2) is 32.5 Å². The van der Waals surface area contributed by atoms with Crippen LogP contribution in [0.3, 0.4) is 0 Å². The Morgan fingerprint density at radius 1 is 1.31 bits per heavy atom. The third kappa shape index (κ3) is 5.29. The van der Waals surface area contributed by atoms with Crippen molar-refractivity contribution in [2.24, 2.45) is 11.7 Å². The summed E-state index contributed by atoms with van der Waals surface area (Å²) in [6, 6.07) is 3.91. The molecule has 1 saturated carbocycles. The average Bonchev–Trinajstić information content (AvgIpc) is 2.69. The summed E-state index contributed by atoms with van der Waals surface area (Å²) in [5.41, 5.74) is 12.9. The van der Waals surface area contributed by atoms with E-state index in [0.717, 1.165) is 31.2 Å². The molecular formula is C19H27N7O3. The minimum Gasteiger partial charge on any atom is -0.478 e. The van der Waals surface area contributed by atoms with E-state index >= 15 is 0 Å². The number of pyridine rings is 1. The monoisotopic (exact) mass is 401 g/mol. The molecule has 10 nitrogen and oxygen atoms in total. The third-order valence-electron chi connectivity index (χ3n) is 5.11. The molecule has 0 aromatic carbocycles. The number of hydrogen-bond acceptors (Lipinski definition) is 9. The van der Waals surface area contributed by atoms with Gasteiger partial charge in [0.2, 0.25) is 17.6 Å². The molecule has 1 fully saturated rings. The summed E-state index contributed by atoms with van der Waals surface area (Å²) in [7, 11) is 0. The van der Waals surface area contributed by atoms with Gasteiger partial charge in [-0.1, -0.05) is 6.07 Å². The molecule has 5 N–H and O–H groups in total. The van der Waals surface area contributed by atoms with Crippen molar-refractivity contribution in [3.05, 3.63) is 39.7 Å². The zero-order valence-electron chi connectivity index (χ0n) is 16.5. The molecule has 2 aromatic rings. The number of anilines is 2. The van der Waals surface area contributed by atoms with Crippen molar-refractivity contribution in [2.75, 3.05) is 17.7 Å². The van der Waals surface area contributed by atoms with E-state index < -0.39 is 4.92 Å². The first-order chi connectivity index (χ1) is 14.0. The third-order valence-corrected chi connectivity index (χ3v) is 5.11. The van der Waals surface area contributed by atoms with Crippen molar-refractivity contribution in [2.45, 2.75) is 51.6 Å². The summed E-state index contributed by atoms with van der Waals surface area (Å²) in [5, 5.41) is 14.6. The Hall–Kier alpha value is -3.01. The maximum Gasteiger partial charge on any atom is 0.332 e. The van der Waals surface area contributed by atoms with Gasteiger partial charge in [0.15, 0.2) is 0 Å². The number of nitrogen functional groups attached to an aromatic ring is 1. The fourth-order valence-corrected chi connectivity index (χ4v) is 3.61. The van der Waals surface area contributed by atoms with Crippen LogP contribution in [0.5, 0.6) is 5.88 Å². The zero-order chi connectivity index (χ0) is 20.8. The number of rotatable bonds is 8. The van der Waals surface area contributed by atoms with E-state index in [4.69, 9.17) is 16.2 Å². The van der Waals surface area contributed by atoms with E-state index in [1.807, 2.05) is 19.1 Å². The maximum absolute atomic E-state index is 11.5. The molecule has 1 aliphatic rings. The number of nitro groups is 1. The van der Waals surface area contributed by atoms with Crippen LogP contribution in [0, 0.1) is 16.0 Å². The van der Waals surface area contributed by atoms with Gasteiger partial charge in [-0.25, -0.2) is 9.97 Å². The number of nitrogens with two attached hydrogens (primary N) is 2. The highest BCUT2D eigenvalue weighted by Gasteiger charge is 2.27. The molecule has 0 radical (unpaired) electrons. The average molecular weight is 401 g/mol. The summed E-state index contributed by atoms with van der Waals surface area (Å²) in [6.07, 6.45) is 5.85. The summed E-state index contributed by atoms with van der Waals surface area (Å²) < 4.78 is 5.52. The fourth-order valence-electron chi connectivity index (χ4n) is 3.61. The quantitative estimate of drug-likeness (QED) is 0.446. The van der Waals surface area contributed by atoms with E-state index in [2.05, 4.69) is 20.3 Å². The Labute approximate surface area is 169 Å². The minimum absolute atomic E-state index is 0.133. The predicted molar refractivity (Wildman–Crippen MR) is 109 cm³/mol. The molecule has 156 valence electrons. The molecule has 2 aromatic heterocycles. The van der Waals surface area contributed by atoms with Gasteiger partial charge in [0, 0.05) is 24.3 Å². The topological polar surface area (TPSA) is 155 Å². The Bertz CT molecular complexity index is 854. The predicted octanol–water partition coefficient (Wildman–Crippen LogP) is 2.43. The van der Waals surface area contributed by atoms with Crippen LogP contribution in [0.25, 0.3) is 0 Å². The van der Waals surface area contributed by atoms with Gasteiger partial charge in [-0.15, -0.1) is 0 Å². The summed E-state index contributed by atoms with van der Waals surface area (Å²) in [6.45, 7) is 2.74. The smallest absolute Gasteiger partial charge is 0.332 e. The molecule has 2 heterocycles. The molecule has 29 heavy (non-hydrogen) atoms. The zero-order valence-corrected chi connectivity index (χ0v) is 16.5. The lowest BCUT2D eigenvalue weighted by Crippen LogP contribution is -2.27. The van der Waals surface area contributed by atoms with Crippen molar-refractivity contribution in [1.82, 2.24) is 15.0 Å². The lowest BCUT2D eigenvalue weighted by Gasteiger charge is -2.25. The van der Waals surface area contributed by atoms with Crippen molar-refractivity contribution in [1.29, 1.82) is 0 Å². The molecule has 3 rings (SSSR count). The maximum atomic E-state index is 11.5. The molecule has 0 atom stereocenters. The van der Waals surface area contributed by atoms with Gasteiger partial charge >= 0.3 is 5.69 Å². The van der Waals surface area contributed by atoms with Crippen LogP contribution in [0.4, 0.5) is 17.5 Å².